The minimum Gasteiger partial charge on any atom is -0.484 e. The highest BCUT2D eigenvalue weighted by Gasteiger charge is 2.04. The lowest BCUT2D eigenvalue weighted by molar-refractivity contribution is -0.123. The third-order valence-electron chi connectivity index (χ3n) is 3.29. The van der Waals surface area contributed by atoms with Crippen LogP contribution < -0.4 is 10.1 Å². The molecule has 3 aromatic rings. The van der Waals surface area contributed by atoms with E-state index >= 15 is 0 Å². The quantitative estimate of drug-likeness (QED) is 0.606. The lowest BCUT2D eigenvalue weighted by Crippen LogP contribution is -2.28. The maximum atomic E-state index is 11.9. The van der Waals surface area contributed by atoms with Crippen LogP contribution in [0.1, 0.15) is 5.56 Å². The Kier molecular flexibility index (Phi) is 5.42. The average molecular weight is 434 g/mol. The van der Waals surface area contributed by atoms with Crippen molar-refractivity contribution in [3.8, 4) is 11.4 Å². The van der Waals surface area contributed by atoms with E-state index in [2.05, 4.69) is 38.0 Å². The smallest absolute Gasteiger partial charge is 0.258 e. The summed E-state index contributed by atoms with van der Waals surface area (Å²) in [6.45, 7) is 0.449. The number of benzene rings is 2. The summed E-state index contributed by atoms with van der Waals surface area (Å²) in [5.74, 6) is 0.525. The lowest BCUT2D eigenvalue weighted by Gasteiger charge is -2.08. The number of amides is 1. The van der Waals surface area contributed by atoms with Crippen LogP contribution in [0.5, 0.6) is 5.75 Å². The Balaban J connectivity index is 1.46. The van der Waals surface area contributed by atoms with Gasteiger partial charge in [0.1, 0.15) is 18.4 Å². The summed E-state index contributed by atoms with van der Waals surface area (Å²) in [6.07, 6.45) is 3.13. The number of nitrogens with one attached hydrogen (secondary N) is 1. The predicted octanol–water partition coefficient (Wildman–Crippen LogP) is 2.57. The van der Waals surface area contributed by atoms with Crippen LogP contribution in [0.25, 0.3) is 5.69 Å². The summed E-state index contributed by atoms with van der Waals surface area (Å²) in [7, 11) is 0. The zero-order chi connectivity index (χ0) is 16.8. The van der Waals surface area contributed by atoms with Gasteiger partial charge in [-0.05, 0) is 64.6 Å². The molecule has 1 aromatic heterocycles. The molecular formula is C17H15IN4O2. The molecule has 0 unspecified atom stereocenters. The number of nitrogens with zero attached hydrogens (tertiary/aromatic N) is 3. The van der Waals surface area contributed by atoms with Crippen molar-refractivity contribution in [1.29, 1.82) is 0 Å². The van der Waals surface area contributed by atoms with Crippen LogP contribution in [0.3, 0.4) is 0 Å². The largest absolute Gasteiger partial charge is 0.484 e. The lowest BCUT2D eigenvalue weighted by atomic mass is 10.2. The van der Waals surface area contributed by atoms with Gasteiger partial charge in [-0.25, -0.2) is 9.67 Å². The Bertz CT molecular complexity index is 786. The standard InChI is InChI=1S/C17H15IN4O2/c18-14-3-7-16(8-4-14)24-10-17(23)20-9-13-1-5-15(6-2-13)22-12-19-11-21-22/h1-8,11-12H,9-10H2,(H,20,23). The van der Waals surface area contributed by atoms with Crippen LogP contribution in [0, 0.1) is 3.57 Å². The topological polar surface area (TPSA) is 69.0 Å². The van der Waals surface area contributed by atoms with Crippen LogP contribution in [0.15, 0.2) is 61.2 Å². The van der Waals surface area contributed by atoms with Crippen LogP contribution in [-0.4, -0.2) is 27.3 Å². The number of rotatable bonds is 6. The molecule has 0 fully saturated rings. The molecular weight excluding hydrogens is 419 g/mol. The van der Waals surface area contributed by atoms with Crippen LogP contribution in [-0.2, 0) is 11.3 Å². The number of aromatic nitrogens is 3. The van der Waals surface area contributed by atoms with E-state index in [-0.39, 0.29) is 12.5 Å². The number of hydrogen-bond acceptors (Lipinski definition) is 4. The molecule has 0 saturated heterocycles. The first-order valence-corrected chi connectivity index (χ1v) is 8.37. The number of ether oxygens (including phenoxy) is 1. The van der Waals surface area contributed by atoms with E-state index in [0.29, 0.717) is 12.3 Å². The molecule has 0 bridgehead atoms. The molecule has 6 nitrogen and oxygen atoms in total. The molecule has 0 spiro atoms. The van der Waals surface area contributed by atoms with Crippen molar-refractivity contribution in [3.05, 3.63) is 70.3 Å². The molecule has 1 heterocycles. The van der Waals surface area contributed by atoms with Gasteiger partial charge in [-0.15, -0.1) is 0 Å². The third-order valence-corrected chi connectivity index (χ3v) is 4.01. The Morgan fingerprint density at radius 3 is 2.54 bits per heavy atom. The van der Waals surface area contributed by atoms with Gasteiger partial charge in [-0.2, -0.15) is 5.10 Å². The molecule has 24 heavy (non-hydrogen) atoms. The van der Waals surface area contributed by atoms with Gasteiger partial charge in [-0.3, -0.25) is 4.79 Å². The summed E-state index contributed by atoms with van der Waals surface area (Å²) in [5, 5.41) is 6.90. The van der Waals surface area contributed by atoms with Gasteiger partial charge in [0.15, 0.2) is 6.61 Å². The Hall–Kier alpha value is -2.42. The first kappa shape index (κ1) is 16.4. The van der Waals surface area contributed by atoms with E-state index in [4.69, 9.17) is 4.74 Å². The fourth-order valence-electron chi connectivity index (χ4n) is 2.04. The molecule has 1 amide bonds. The number of carbonyl (C=O) groups excluding carboxylic acids is 1. The minimum absolute atomic E-state index is 0.00235. The van der Waals surface area contributed by atoms with E-state index in [1.165, 1.54) is 6.33 Å². The first-order valence-electron chi connectivity index (χ1n) is 7.30. The van der Waals surface area contributed by atoms with Crippen LogP contribution >= 0.6 is 22.6 Å². The van der Waals surface area contributed by atoms with Crippen molar-refractivity contribution in [3.63, 3.8) is 0 Å². The number of carbonyl (C=O) groups is 1. The molecule has 3 rings (SSSR count). The van der Waals surface area contributed by atoms with E-state index in [1.54, 1.807) is 11.0 Å². The highest BCUT2D eigenvalue weighted by Crippen LogP contribution is 2.13. The molecule has 0 aliphatic heterocycles. The van der Waals surface area contributed by atoms with Gasteiger partial charge in [0, 0.05) is 10.1 Å². The molecule has 0 aliphatic rings. The predicted molar refractivity (Wildman–Crippen MR) is 97.9 cm³/mol. The Labute approximate surface area is 153 Å². The number of halogens is 1. The zero-order valence-electron chi connectivity index (χ0n) is 12.7. The molecule has 0 saturated carbocycles. The second-order valence-corrected chi connectivity index (χ2v) is 6.27. The molecule has 122 valence electrons. The maximum Gasteiger partial charge on any atom is 0.258 e. The fraction of sp³-hybridized carbons (Fsp3) is 0.118. The molecule has 1 N–H and O–H groups in total. The summed E-state index contributed by atoms with van der Waals surface area (Å²) in [5.41, 5.74) is 1.92. The maximum absolute atomic E-state index is 11.9. The molecule has 7 heteroatoms. The SMILES string of the molecule is O=C(COc1ccc(I)cc1)NCc1ccc(-n2cncn2)cc1. The van der Waals surface area contributed by atoms with E-state index in [9.17, 15) is 4.79 Å². The van der Waals surface area contributed by atoms with E-state index < -0.39 is 0 Å². The van der Waals surface area contributed by atoms with Gasteiger partial charge in [-0.1, -0.05) is 12.1 Å². The van der Waals surface area contributed by atoms with Crippen molar-refractivity contribution in [1.82, 2.24) is 20.1 Å². The highest BCUT2D eigenvalue weighted by molar-refractivity contribution is 14.1. The highest BCUT2D eigenvalue weighted by atomic mass is 127. The second kappa shape index (κ2) is 7.91. The van der Waals surface area contributed by atoms with Gasteiger partial charge >= 0.3 is 0 Å². The van der Waals surface area contributed by atoms with E-state index in [1.807, 2.05) is 48.5 Å². The van der Waals surface area contributed by atoms with Gasteiger partial charge in [0.25, 0.3) is 5.91 Å². The monoisotopic (exact) mass is 434 g/mol. The normalized spacial score (nSPS) is 10.4. The van der Waals surface area contributed by atoms with Crippen LogP contribution in [0.2, 0.25) is 0 Å². The van der Waals surface area contributed by atoms with Crippen molar-refractivity contribution in [2.75, 3.05) is 6.61 Å². The fourth-order valence-corrected chi connectivity index (χ4v) is 2.40. The Morgan fingerprint density at radius 1 is 1.12 bits per heavy atom. The number of hydrogen-bond donors (Lipinski definition) is 1. The molecule has 0 atom stereocenters. The third kappa shape index (κ3) is 4.54. The summed E-state index contributed by atoms with van der Waals surface area (Å²) >= 11 is 2.22. The molecule has 2 aromatic carbocycles. The zero-order valence-corrected chi connectivity index (χ0v) is 14.9. The van der Waals surface area contributed by atoms with Gasteiger partial charge in [0.05, 0.1) is 5.69 Å². The summed E-state index contributed by atoms with van der Waals surface area (Å²) < 4.78 is 8.25. The van der Waals surface area contributed by atoms with Crippen molar-refractivity contribution in [2.24, 2.45) is 0 Å². The van der Waals surface area contributed by atoms with E-state index in [0.717, 1.165) is 14.8 Å². The summed E-state index contributed by atoms with van der Waals surface area (Å²) in [4.78, 5) is 15.8. The first-order chi connectivity index (χ1) is 11.7. The Morgan fingerprint density at radius 2 is 1.88 bits per heavy atom. The van der Waals surface area contributed by atoms with Gasteiger partial charge in [0.2, 0.25) is 0 Å². The minimum atomic E-state index is -0.158. The van der Waals surface area contributed by atoms with Crippen molar-refractivity contribution < 1.29 is 9.53 Å². The van der Waals surface area contributed by atoms with Crippen molar-refractivity contribution >= 4 is 28.5 Å². The average Bonchev–Trinajstić information content (AvgIpc) is 3.14. The summed E-state index contributed by atoms with van der Waals surface area (Å²) in [6, 6.07) is 15.3. The molecule has 0 aliphatic carbocycles. The van der Waals surface area contributed by atoms with Crippen molar-refractivity contribution in [2.45, 2.75) is 6.54 Å². The molecule has 0 radical (unpaired) electrons. The van der Waals surface area contributed by atoms with Crippen LogP contribution in [0.4, 0.5) is 0 Å². The van der Waals surface area contributed by atoms with Gasteiger partial charge < -0.3 is 10.1 Å². The second-order valence-electron chi connectivity index (χ2n) is 5.03.